The minimum Gasteiger partial charge on any atom is -0.480 e. The van der Waals surface area contributed by atoms with Gasteiger partial charge in [0.2, 0.25) is 6.29 Å². The first-order valence-corrected chi connectivity index (χ1v) is 7.60. The number of ether oxygens (including phenoxy) is 2. The van der Waals surface area contributed by atoms with Gasteiger partial charge in [0.05, 0.1) is 0 Å². The van der Waals surface area contributed by atoms with E-state index < -0.39 is 29.9 Å². The predicted molar refractivity (Wildman–Crippen MR) is 80.2 cm³/mol. The highest BCUT2D eigenvalue weighted by atomic mass is 16.7. The lowest BCUT2D eigenvalue weighted by atomic mass is 9.86. The van der Waals surface area contributed by atoms with Gasteiger partial charge in [0.15, 0.2) is 0 Å². The molecule has 0 aromatic heterocycles. The number of hydrogen-bond donors (Lipinski definition) is 2. The van der Waals surface area contributed by atoms with E-state index in [0.717, 1.165) is 12.8 Å². The van der Waals surface area contributed by atoms with Crippen LogP contribution in [0.1, 0.15) is 60.3 Å². The van der Waals surface area contributed by atoms with Gasteiger partial charge in [-0.05, 0) is 19.3 Å². The molecule has 2 N–H and O–H groups in total. The number of alkyl carbamates (subject to hydrolysis) is 1. The molecule has 0 aromatic rings. The van der Waals surface area contributed by atoms with Crippen LogP contribution in [0.3, 0.4) is 0 Å². The van der Waals surface area contributed by atoms with Crippen molar-refractivity contribution in [3.63, 3.8) is 0 Å². The molecule has 0 radical (unpaired) electrons. The summed E-state index contributed by atoms with van der Waals surface area (Å²) < 4.78 is 9.66. The summed E-state index contributed by atoms with van der Waals surface area (Å²) in [5, 5.41) is 11.7. The second-order valence-corrected chi connectivity index (χ2v) is 5.47. The lowest BCUT2D eigenvalue weighted by Crippen LogP contribution is -2.53. The first-order chi connectivity index (χ1) is 10.2. The summed E-state index contributed by atoms with van der Waals surface area (Å²) in [6.07, 6.45) is 0.108. The third-order valence-corrected chi connectivity index (χ3v) is 3.56. The fourth-order valence-electron chi connectivity index (χ4n) is 2.04. The van der Waals surface area contributed by atoms with Crippen molar-refractivity contribution in [2.24, 2.45) is 5.92 Å². The van der Waals surface area contributed by atoms with Crippen LogP contribution in [0.4, 0.5) is 4.79 Å². The smallest absolute Gasteiger partial charge is 0.411 e. The van der Waals surface area contributed by atoms with Crippen LogP contribution >= 0.6 is 0 Å². The van der Waals surface area contributed by atoms with Gasteiger partial charge in [-0.2, -0.15) is 0 Å². The lowest BCUT2D eigenvalue weighted by Gasteiger charge is -2.29. The maximum absolute atomic E-state index is 11.8. The SMILES string of the molecule is CCC(=O)O[C@@H](C)OC(=O)N[C@@](C)(CC(CC)CC)C(=O)O. The summed E-state index contributed by atoms with van der Waals surface area (Å²) in [4.78, 5) is 34.4. The summed E-state index contributed by atoms with van der Waals surface area (Å²) in [5.41, 5.74) is -1.43. The molecule has 0 unspecified atom stereocenters. The highest BCUT2D eigenvalue weighted by molar-refractivity contribution is 5.84. The van der Waals surface area contributed by atoms with E-state index in [1.54, 1.807) is 6.92 Å². The van der Waals surface area contributed by atoms with Crippen LogP contribution in [0.2, 0.25) is 0 Å². The molecule has 128 valence electrons. The van der Waals surface area contributed by atoms with Gasteiger partial charge in [0.1, 0.15) is 5.54 Å². The molecule has 0 bridgehead atoms. The Kier molecular flexibility index (Phi) is 8.52. The van der Waals surface area contributed by atoms with E-state index >= 15 is 0 Å². The number of carboxylic acids is 1. The molecule has 0 heterocycles. The first-order valence-electron chi connectivity index (χ1n) is 7.60. The average molecular weight is 317 g/mol. The molecule has 0 aromatic carbocycles. The predicted octanol–water partition coefficient (Wildman–Crippen LogP) is 2.68. The van der Waals surface area contributed by atoms with E-state index in [9.17, 15) is 19.5 Å². The molecular weight excluding hydrogens is 290 g/mol. The van der Waals surface area contributed by atoms with E-state index in [-0.39, 0.29) is 12.3 Å². The summed E-state index contributed by atoms with van der Waals surface area (Å²) in [6, 6.07) is 0. The first kappa shape index (κ1) is 20.2. The Morgan fingerprint density at radius 1 is 1.14 bits per heavy atom. The van der Waals surface area contributed by atoms with Gasteiger partial charge in [-0.25, -0.2) is 9.59 Å². The third kappa shape index (κ3) is 6.78. The molecule has 0 aliphatic rings. The van der Waals surface area contributed by atoms with Crippen LogP contribution < -0.4 is 5.32 Å². The number of carbonyl (C=O) groups is 3. The molecule has 7 nitrogen and oxygen atoms in total. The van der Waals surface area contributed by atoms with Gasteiger partial charge >= 0.3 is 18.0 Å². The second kappa shape index (κ2) is 9.27. The zero-order valence-electron chi connectivity index (χ0n) is 14.0. The molecule has 7 heteroatoms. The van der Waals surface area contributed by atoms with Crippen molar-refractivity contribution in [2.75, 3.05) is 0 Å². The van der Waals surface area contributed by atoms with Gasteiger partial charge in [-0.15, -0.1) is 0 Å². The number of amides is 1. The lowest BCUT2D eigenvalue weighted by molar-refractivity contribution is -0.165. The minimum atomic E-state index is -1.43. The van der Waals surface area contributed by atoms with Crippen LogP contribution in [0, 0.1) is 5.92 Å². The summed E-state index contributed by atoms with van der Waals surface area (Å²) >= 11 is 0. The molecule has 0 rings (SSSR count). The van der Waals surface area contributed by atoms with Gasteiger partial charge < -0.3 is 19.9 Å². The van der Waals surface area contributed by atoms with Crippen molar-refractivity contribution >= 4 is 18.0 Å². The standard InChI is InChI=1S/C15H27NO6/c1-6-11(7-2)9-15(5,13(18)19)16-14(20)22-10(4)21-12(17)8-3/h10-11H,6-9H2,1-5H3,(H,16,20)(H,18,19)/t10-,15+/m1/s1. The van der Waals surface area contributed by atoms with E-state index in [1.165, 1.54) is 13.8 Å². The third-order valence-electron chi connectivity index (χ3n) is 3.56. The van der Waals surface area contributed by atoms with Gasteiger partial charge in [0, 0.05) is 13.3 Å². The Morgan fingerprint density at radius 3 is 2.09 bits per heavy atom. The molecule has 22 heavy (non-hydrogen) atoms. The fraction of sp³-hybridized carbons (Fsp3) is 0.800. The Balaban J connectivity index is 4.71. The molecule has 0 saturated heterocycles. The van der Waals surface area contributed by atoms with Crippen molar-refractivity contribution in [2.45, 2.75) is 72.1 Å². The van der Waals surface area contributed by atoms with Gasteiger partial charge in [-0.1, -0.05) is 33.6 Å². The van der Waals surface area contributed by atoms with Crippen molar-refractivity contribution in [1.82, 2.24) is 5.32 Å². The van der Waals surface area contributed by atoms with Gasteiger partial charge in [0.25, 0.3) is 0 Å². The fourth-order valence-corrected chi connectivity index (χ4v) is 2.04. The monoisotopic (exact) mass is 317 g/mol. The number of carboxylic acid groups (broad SMARTS) is 1. The van der Waals surface area contributed by atoms with Crippen molar-refractivity contribution in [3.8, 4) is 0 Å². The zero-order chi connectivity index (χ0) is 17.3. The summed E-state index contributed by atoms with van der Waals surface area (Å²) in [5.74, 6) is -1.45. The topological polar surface area (TPSA) is 102 Å². The molecule has 0 saturated carbocycles. The van der Waals surface area contributed by atoms with E-state index in [0.29, 0.717) is 6.42 Å². The normalized spacial score (nSPS) is 14.8. The quantitative estimate of drug-likeness (QED) is 0.501. The number of hydrogen-bond acceptors (Lipinski definition) is 5. The van der Waals surface area contributed by atoms with Crippen molar-refractivity contribution < 1.29 is 29.0 Å². The van der Waals surface area contributed by atoms with Crippen LogP contribution in [0.15, 0.2) is 0 Å². The molecule has 0 aliphatic heterocycles. The Hall–Kier alpha value is -1.79. The molecule has 0 aliphatic carbocycles. The van der Waals surface area contributed by atoms with E-state index in [4.69, 9.17) is 9.47 Å². The van der Waals surface area contributed by atoms with Crippen LogP contribution in [0.25, 0.3) is 0 Å². The Labute approximate surface area is 131 Å². The zero-order valence-corrected chi connectivity index (χ0v) is 14.0. The summed E-state index contributed by atoms with van der Waals surface area (Å²) in [7, 11) is 0. The number of carbonyl (C=O) groups excluding carboxylic acids is 2. The van der Waals surface area contributed by atoms with E-state index in [2.05, 4.69) is 5.32 Å². The highest BCUT2D eigenvalue weighted by Gasteiger charge is 2.37. The Bertz CT molecular complexity index is 393. The summed E-state index contributed by atoms with van der Waals surface area (Å²) in [6.45, 7) is 8.40. The minimum absolute atomic E-state index is 0.164. The number of rotatable bonds is 9. The van der Waals surface area contributed by atoms with Crippen LogP contribution in [0.5, 0.6) is 0 Å². The highest BCUT2D eigenvalue weighted by Crippen LogP contribution is 2.23. The molecule has 0 fully saturated rings. The molecule has 1 amide bonds. The van der Waals surface area contributed by atoms with E-state index in [1.807, 2.05) is 13.8 Å². The molecular formula is C15H27NO6. The van der Waals surface area contributed by atoms with Gasteiger partial charge in [-0.3, -0.25) is 4.79 Å². The molecule has 0 spiro atoms. The number of esters is 1. The maximum atomic E-state index is 11.8. The van der Waals surface area contributed by atoms with Crippen molar-refractivity contribution in [3.05, 3.63) is 0 Å². The largest absolute Gasteiger partial charge is 0.480 e. The Morgan fingerprint density at radius 2 is 1.68 bits per heavy atom. The van der Waals surface area contributed by atoms with Crippen LogP contribution in [-0.2, 0) is 19.1 Å². The average Bonchev–Trinajstić information content (AvgIpc) is 2.43. The van der Waals surface area contributed by atoms with Crippen molar-refractivity contribution in [1.29, 1.82) is 0 Å². The maximum Gasteiger partial charge on any atom is 0.411 e. The number of nitrogens with one attached hydrogen (secondary N) is 1. The number of aliphatic carboxylic acids is 1. The second-order valence-electron chi connectivity index (χ2n) is 5.47. The van der Waals surface area contributed by atoms with Crippen LogP contribution in [-0.4, -0.2) is 35.0 Å². The molecule has 2 atom stereocenters.